The van der Waals surface area contributed by atoms with Crippen molar-refractivity contribution < 1.29 is 17.9 Å². The molecule has 1 aliphatic heterocycles. The number of aryl methyl sites for hydroxylation is 1. The summed E-state index contributed by atoms with van der Waals surface area (Å²) in [6.45, 7) is 1.13. The molecule has 1 N–H and O–H groups in total. The van der Waals surface area contributed by atoms with Crippen molar-refractivity contribution in [3.05, 3.63) is 53.6 Å². The van der Waals surface area contributed by atoms with E-state index in [2.05, 4.69) is 29.6 Å². The Morgan fingerprint density at radius 1 is 0.973 bits per heavy atom. The molecule has 1 saturated heterocycles. The highest BCUT2D eigenvalue weighted by Crippen LogP contribution is 2.60. The van der Waals surface area contributed by atoms with E-state index >= 15 is 0 Å². The number of hydrogen-bond donors (Lipinski definition) is 1. The lowest BCUT2D eigenvalue weighted by Gasteiger charge is -2.57. The third-order valence-corrected chi connectivity index (χ3v) is 11.3. The summed E-state index contributed by atoms with van der Waals surface area (Å²) < 4.78 is 33.0. The Hall–Kier alpha value is -2.38. The fourth-order valence-corrected chi connectivity index (χ4v) is 9.60. The van der Waals surface area contributed by atoms with Crippen molar-refractivity contribution in [1.82, 2.24) is 4.31 Å². The van der Waals surface area contributed by atoms with Crippen molar-refractivity contribution in [2.75, 3.05) is 25.5 Å². The number of carbonyl (C=O) groups excluding carboxylic acids is 1. The van der Waals surface area contributed by atoms with Crippen LogP contribution in [0.25, 0.3) is 0 Å². The van der Waals surface area contributed by atoms with Crippen LogP contribution in [0.15, 0.2) is 47.4 Å². The molecule has 4 bridgehead atoms. The number of nitrogens with one attached hydrogen (secondary N) is 1. The minimum absolute atomic E-state index is 0.0857. The van der Waals surface area contributed by atoms with Gasteiger partial charge in [0, 0.05) is 25.2 Å². The highest BCUT2D eigenvalue weighted by molar-refractivity contribution is 7.89. The lowest BCUT2D eigenvalue weighted by atomic mass is 9.48. The molecule has 0 atom stereocenters. The SMILES string of the molecule is COc1ccc(S(=O)(=O)N2CCCC2)cc1CCC(=O)Nc1ccc(C23CC4CC(CC(C4)C2)C3)cc1. The first-order chi connectivity index (χ1) is 17.8. The molecule has 4 aliphatic carbocycles. The van der Waals surface area contributed by atoms with Gasteiger partial charge in [-0.05, 0) is 122 Å². The Kier molecular flexibility index (Phi) is 6.56. The summed E-state index contributed by atoms with van der Waals surface area (Å²) in [6, 6.07) is 13.5. The fourth-order valence-electron chi connectivity index (χ4n) is 8.03. The van der Waals surface area contributed by atoms with E-state index in [1.54, 1.807) is 29.6 Å². The summed E-state index contributed by atoms with van der Waals surface area (Å²) in [7, 11) is -1.95. The van der Waals surface area contributed by atoms with E-state index in [-0.39, 0.29) is 17.2 Å². The van der Waals surface area contributed by atoms with E-state index in [9.17, 15) is 13.2 Å². The Labute approximate surface area is 220 Å². The second-order valence-electron chi connectivity index (χ2n) is 11.9. The molecule has 0 spiro atoms. The molecule has 4 saturated carbocycles. The maximum absolute atomic E-state index is 13.0. The molecule has 7 rings (SSSR count). The van der Waals surface area contributed by atoms with Crippen LogP contribution in [0.3, 0.4) is 0 Å². The van der Waals surface area contributed by atoms with Crippen molar-refractivity contribution in [1.29, 1.82) is 0 Å². The summed E-state index contributed by atoms with van der Waals surface area (Å²) in [4.78, 5) is 13.1. The van der Waals surface area contributed by atoms with Crippen molar-refractivity contribution in [3.63, 3.8) is 0 Å². The normalized spacial score (nSPS) is 28.9. The fraction of sp³-hybridized carbons (Fsp3) is 0.567. The molecule has 0 unspecified atom stereocenters. The zero-order valence-corrected chi connectivity index (χ0v) is 22.6. The Morgan fingerprint density at radius 2 is 1.59 bits per heavy atom. The van der Waals surface area contributed by atoms with Crippen molar-refractivity contribution in [2.24, 2.45) is 17.8 Å². The third kappa shape index (κ3) is 4.81. The van der Waals surface area contributed by atoms with Gasteiger partial charge >= 0.3 is 0 Å². The van der Waals surface area contributed by atoms with Crippen LogP contribution in [0.5, 0.6) is 5.75 Å². The van der Waals surface area contributed by atoms with Crippen LogP contribution in [0, 0.1) is 17.8 Å². The lowest BCUT2D eigenvalue weighted by molar-refractivity contribution is -0.116. The van der Waals surface area contributed by atoms with E-state index in [0.29, 0.717) is 30.7 Å². The van der Waals surface area contributed by atoms with Crippen LogP contribution in [0.2, 0.25) is 0 Å². The molecule has 1 amide bonds. The number of benzene rings is 2. The van der Waals surface area contributed by atoms with E-state index in [0.717, 1.165) is 41.8 Å². The number of nitrogens with zero attached hydrogens (tertiary/aromatic N) is 1. The van der Waals surface area contributed by atoms with Gasteiger partial charge in [0.1, 0.15) is 5.75 Å². The average Bonchev–Trinajstić information content (AvgIpc) is 3.43. The van der Waals surface area contributed by atoms with Gasteiger partial charge < -0.3 is 10.1 Å². The van der Waals surface area contributed by atoms with Gasteiger partial charge in [-0.15, -0.1) is 0 Å². The molecule has 0 aromatic heterocycles. The number of rotatable bonds is 8. The summed E-state index contributed by atoms with van der Waals surface area (Å²) in [6.07, 6.45) is 10.8. The van der Waals surface area contributed by atoms with E-state index in [1.807, 2.05) is 0 Å². The molecule has 5 aliphatic rings. The van der Waals surface area contributed by atoms with Crippen molar-refractivity contribution >= 4 is 21.6 Å². The topological polar surface area (TPSA) is 75.7 Å². The highest BCUT2D eigenvalue weighted by atomic mass is 32.2. The largest absolute Gasteiger partial charge is 0.496 e. The summed E-state index contributed by atoms with van der Waals surface area (Å²) >= 11 is 0. The Morgan fingerprint density at radius 3 is 2.19 bits per heavy atom. The van der Waals surface area contributed by atoms with Crippen molar-refractivity contribution in [3.8, 4) is 5.75 Å². The van der Waals surface area contributed by atoms with Crippen LogP contribution in [-0.4, -0.2) is 38.8 Å². The number of carbonyl (C=O) groups is 1. The van der Waals surface area contributed by atoms with Crippen LogP contribution in [0.4, 0.5) is 5.69 Å². The van der Waals surface area contributed by atoms with Crippen molar-refractivity contribution in [2.45, 2.75) is 74.5 Å². The minimum Gasteiger partial charge on any atom is -0.496 e. The minimum atomic E-state index is -3.52. The van der Waals surface area contributed by atoms with Crippen LogP contribution in [-0.2, 0) is 26.7 Å². The quantitative estimate of drug-likeness (QED) is 0.495. The molecule has 0 radical (unpaired) electrons. The van der Waals surface area contributed by atoms with E-state index in [1.165, 1.54) is 44.1 Å². The van der Waals surface area contributed by atoms with Gasteiger partial charge in [-0.3, -0.25) is 4.79 Å². The van der Waals surface area contributed by atoms with Gasteiger partial charge in [0.05, 0.1) is 12.0 Å². The third-order valence-electron chi connectivity index (χ3n) is 9.40. The van der Waals surface area contributed by atoms with Crippen LogP contribution in [0.1, 0.15) is 68.9 Å². The van der Waals surface area contributed by atoms with Gasteiger partial charge in [0.2, 0.25) is 15.9 Å². The standard InChI is InChI=1S/C30H38N2O4S/c1-36-28-10-9-27(37(34,35)32-12-2-3-13-32)17-24(28)4-11-29(33)31-26-7-5-25(6-8-26)30-18-21-14-22(19-30)16-23(15-21)20-30/h5-10,17,21-23H,2-4,11-16,18-20H2,1H3,(H,31,33). The van der Waals surface area contributed by atoms with E-state index in [4.69, 9.17) is 4.74 Å². The van der Waals surface area contributed by atoms with Crippen LogP contribution < -0.4 is 10.1 Å². The van der Waals surface area contributed by atoms with Gasteiger partial charge in [0.15, 0.2) is 0 Å². The summed E-state index contributed by atoms with van der Waals surface area (Å²) in [5, 5.41) is 3.03. The number of hydrogen-bond acceptors (Lipinski definition) is 4. The van der Waals surface area contributed by atoms with Gasteiger partial charge in [-0.25, -0.2) is 8.42 Å². The van der Waals surface area contributed by atoms with E-state index < -0.39 is 10.0 Å². The first kappa shape index (κ1) is 24.9. The molecular formula is C30H38N2O4S. The lowest BCUT2D eigenvalue weighted by Crippen LogP contribution is -2.48. The monoisotopic (exact) mass is 522 g/mol. The number of ether oxygens (including phenoxy) is 1. The second-order valence-corrected chi connectivity index (χ2v) is 13.8. The number of methoxy groups -OCH3 is 1. The molecule has 1 heterocycles. The first-order valence-corrected chi connectivity index (χ1v) is 15.4. The van der Waals surface area contributed by atoms with Gasteiger partial charge in [-0.1, -0.05) is 12.1 Å². The summed E-state index contributed by atoms with van der Waals surface area (Å²) in [5.74, 6) is 3.25. The van der Waals surface area contributed by atoms with Crippen LogP contribution >= 0.6 is 0 Å². The predicted octanol–water partition coefficient (Wildman–Crippen LogP) is 5.52. The Balaban J connectivity index is 1.10. The zero-order chi connectivity index (χ0) is 25.6. The smallest absolute Gasteiger partial charge is 0.243 e. The molecular weight excluding hydrogens is 484 g/mol. The molecule has 5 fully saturated rings. The van der Waals surface area contributed by atoms with Gasteiger partial charge in [0.25, 0.3) is 0 Å². The number of sulfonamides is 1. The van der Waals surface area contributed by atoms with Gasteiger partial charge in [-0.2, -0.15) is 4.31 Å². The number of amides is 1. The highest BCUT2D eigenvalue weighted by Gasteiger charge is 2.51. The molecule has 2 aromatic carbocycles. The molecule has 2 aromatic rings. The predicted molar refractivity (Wildman–Crippen MR) is 144 cm³/mol. The molecule has 7 heteroatoms. The molecule has 198 valence electrons. The first-order valence-electron chi connectivity index (χ1n) is 13.9. The molecule has 6 nitrogen and oxygen atoms in total. The summed E-state index contributed by atoms with van der Waals surface area (Å²) in [5.41, 5.74) is 3.35. The maximum atomic E-state index is 13.0. The zero-order valence-electron chi connectivity index (χ0n) is 21.7. The average molecular weight is 523 g/mol. The second kappa shape index (κ2) is 9.73. The molecule has 37 heavy (non-hydrogen) atoms. The maximum Gasteiger partial charge on any atom is 0.243 e. The Bertz CT molecular complexity index is 1230. The number of anilines is 1.